The molecule has 92 valence electrons. The van der Waals surface area contributed by atoms with Crippen LogP contribution in [0.1, 0.15) is 25.5 Å². The molecular weight excluding hydrogens is 221 g/mol. The summed E-state index contributed by atoms with van der Waals surface area (Å²) in [5, 5.41) is 3.98. The van der Waals surface area contributed by atoms with E-state index in [-0.39, 0.29) is 6.54 Å². The van der Waals surface area contributed by atoms with Crippen LogP contribution < -0.4 is 0 Å². The van der Waals surface area contributed by atoms with Gasteiger partial charge in [-0.15, -0.1) is 0 Å². The molecule has 1 aromatic heterocycles. The van der Waals surface area contributed by atoms with Crippen molar-refractivity contribution in [3.63, 3.8) is 0 Å². The molecule has 0 aliphatic heterocycles. The summed E-state index contributed by atoms with van der Waals surface area (Å²) < 4.78 is 42.3. The molecule has 0 saturated carbocycles. The highest BCUT2D eigenvalue weighted by Crippen LogP contribution is 2.19. The van der Waals surface area contributed by atoms with Crippen LogP contribution in [0.2, 0.25) is 0 Å². The Bertz CT molecular complexity index is 309. The van der Waals surface area contributed by atoms with E-state index in [4.69, 9.17) is 4.74 Å². The summed E-state index contributed by atoms with van der Waals surface area (Å²) in [6.07, 6.45) is -2.54. The van der Waals surface area contributed by atoms with Gasteiger partial charge in [-0.3, -0.25) is 4.68 Å². The highest BCUT2D eigenvalue weighted by molar-refractivity contribution is 4.96. The van der Waals surface area contributed by atoms with E-state index in [1.807, 2.05) is 6.92 Å². The van der Waals surface area contributed by atoms with E-state index in [2.05, 4.69) is 5.10 Å². The van der Waals surface area contributed by atoms with Crippen LogP contribution in [-0.4, -0.2) is 22.6 Å². The molecule has 1 heterocycles. The van der Waals surface area contributed by atoms with E-state index in [1.54, 1.807) is 6.07 Å². The Balaban J connectivity index is 2.33. The van der Waals surface area contributed by atoms with Crippen molar-refractivity contribution in [1.82, 2.24) is 9.78 Å². The first-order valence-electron chi connectivity index (χ1n) is 5.18. The third-order valence-corrected chi connectivity index (χ3v) is 1.92. The lowest BCUT2D eigenvalue weighted by Crippen LogP contribution is -2.12. The zero-order chi connectivity index (χ0) is 12.0. The van der Waals surface area contributed by atoms with Crippen molar-refractivity contribution >= 4 is 0 Å². The molecule has 0 aliphatic carbocycles. The van der Waals surface area contributed by atoms with Crippen LogP contribution in [0.4, 0.5) is 13.2 Å². The Morgan fingerprint density at radius 3 is 2.81 bits per heavy atom. The molecular formula is C10H15F3N2O. The maximum Gasteiger partial charge on any atom is 0.390 e. The minimum Gasteiger partial charge on any atom is -0.375 e. The van der Waals surface area contributed by atoms with Gasteiger partial charge in [0, 0.05) is 19.3 Å². The Kier molecular flexibility index (Phi) is 4.79. The number of aromatic nitrogens is 2. The van der Waals surface area contributed by atoms with Crippen LogP contribution in [0.3, 0.4) is 0 Å². The predicted molar refractivity (Wildman–Crippen MR) is 52.8 cm³/mol. The minimum atomic E-state index is -4.13. The average Bonchev–Trinajstić information content (AvgIpc) is 2.62. The number of rotatable bonds is 6. The van der Waals surface area contributed by atoms with Gasteiger partial charge in [-0.1, -0.05) is 6.92 Å². The van der Waals surface area contributed by atoms with Crippen molar-refractivity contribution in [1.29, 1.82) is 0 Å². The molecule has 0 aliphatic rings. The van der Waals surface area contributed by atoms with Gasteiger partial charge in [0.1, 0.15) is 0 Å². The predicted octanol–water partition coefficient (Wildman–Crippen LogP) is 2.76. The van der Waals surface area contributed by atoms with Gasteiger partial charge in [0.05, 0.1) is 18.7 Å². The van der Waals surface area contributed by atoms with Gasteiger partial charge in [0.25, 0.3) is 0 Å². The topological polar surface area (TPSA) is 27.1 Å². The second-order valence-corrected chi connectivity index (χ2v) is 3.49. The summed E-state index contributed by atoms with van der Waals surface area (Å²) in [6, 6.07) is 1.67. The lowest BCUT2D eigenvalue weighted by molar-refractivity contribution is -0.137. The van der Waals surface area contributed by atoms with Crippen LogP contribution in [0.5, 0.6) is 0 Å². The lowest BCUT2D eigenvalue weighted by Gasteiger charge is -2.05. The van der Waals surface area contributed by atoms with E-state index in [0.717, 1.165) is 6.42 Å². The zero-order valence-electron chi connectivity index (χ0n) is 9.13. The fourth-order valence-electron chi connectivity index (χ4n) is 1.17. The lowest BCUT2D eigenvalue weighted by atomic mass is 10.4. The normalized spacial score (nSPS) is 12.0. The number of ether oxygens (including phenoxy) is 1. The number of nitrogens with zero attached hydrogens (tertiary/aromatic N) is 2. The van der Waals surface area contributed by atoms with Gasteiger partial charge < -0.3 is 4.74 Å². The molecule has 0 spiro atoms. The number of aryl methyl sites for hydroxylation is 1. The quantitative estimate of drug-likeness (QED) is 0.710. The Morgan fingerprint density at radius 1 is 1.44 bits per heavy atom. The van der Waals surface area contributed by atoms with Gasteiger partial charge in [0.15, 0.2) is 0 Å². The zero-order valence-corrected chi connectivity index (χ0v) is 9.13. The first-order valence-corrected chi connectivity index (χ1v) is 5.18. The molecule has 0 aromatic carbocycles. The molecule has 0 unspecified atom stereocenters. The molecule has 6 heteroatoms. The Hall–Kier alpha value is -1.04. The van der Waals surface area contributed by atoms with Gasteiger partial charge in [-0.05, 0) is 12.5 Å². The second kappa shape index (κ2) is 5.89. The SMILES string of the molecule is CCCOCc1ccn(CCC(F)(F)F)n1. The van der Waals surface area contributed by atoms with Crippen molar-refractivity contribution in [2.24, 2.45) is 0 Å². The first kappa shape index (κ1) is 13.0. The van der Waals surface area contributed by atoms with Gasteiger partial charge in [-0.25, -0.2) is 0 Å². The standard InChI is InChI=1S/C10H15F3N2O/c1-2-7-16-8-9-3-5-15(14-9)6-4-10(11,12)13/h3,5H,2,4,6-8H2,1H3. The highest BCUT2D eigenvalue weighted by Gasteiger charge is 2.26. The summed E-state index contributed by atoms with van der Waals surface area (Å²) in [6.45, 7) is 2.83. The molecule has 1 rings (SSSR count). The first-order chi connectivity index (χ1) is 7.51. The van der Waals surface area contributed by atoms with Crippen molar-refractivity contribution in [2.45, 2.75) is 39.1 Å². The Morgan fingerprint density at radius 2 is 2.19 bits per heavy atom. The van der Waals surface area contributed by atoms with Crippen LogP contribution >= 0.6 is 0 Å². The maximum atomic E-state index is 11.9. The molecule has 3 nitrogen and oxygen atoms in total. The van der Waals surface area contributed by atoms with E-state index in [9.17, 15) is 13.2 Å². The third kappa shape index (κ3) is 5.16. The van der Waals surface area contributed by atoms with Crippen molar-refractivity contribution in [3.8, 4) is 0 Å². The molecule has 0 atom stereocenters. The largest absolute Gasteiger partial charge is 0.390 e. The van der Waals surface area contributed by atoms with Gasteiger partial charge >= 0.3 is 6.18 Å². The number of halogens is 3. The average molecular weight is 236 g/mol. The monoisotopic (exact) mass is 236 g/mol. The summed E-state index contributed by atoms with van der Waals surface area (Å²) in [7, 11) is 0. The number of hydrogen-bond donors (Lipinski definition) is 0. The van der Waals surface area contributed by atoms with Crippen LogP contribution in [-0.2, 0) is 17.9 Å². The smallest absolute Gasteiger partial charge is 0.375 e. The number of alkyl halides is 3. The molecule has 0 amide bonds. The molecule has 16 heavy (non-hydrogen) atoms. The highest BCUT2D eigenvalue weighted by atomic mass is 19.4. The fraction of sp³-hybridized carbons (Fsp3) is 0.700. The number of hydrogen-bond acceptors (Lipinski definition) is 2. The van der Waals surface area contributed by atoms with E-state index in [0.29, 0.717) is 18.9 Å². The molecule has 0 N–H and O–H groups in total. The minimum absolute atomic E-state index is 0.142. The van der Waals surface area contributed by atoms with E-state index >= 15 is 0 Å². The molecule has 0 radical (unpaired) electrons. The maximum absolute atomic E-state index is 11.9. The summed E-state index contributed by atoms with van der Waals surface area (Å²) in [4.78, 5) is 0. The molecule has 0 fully saturated rings. The van der Waals surface area contributed by atoms with E-state index < -0.39 is 12.6 Å². The second-order valence-electron chi connectivity index (χ2n) is 3.49. The Labute approximate surface area is 92.2 Å². The van der Waals surface area contributed by atoms with Crippen molar-refractivity contribution < 1.29 is 17.9 Å². The summed E-state index contributed by atoms with van der Waals surface area (Å²) >= 11 is 0. The molecule has 1 aromatic rings. The summed E-state index contributed by atoms with van der Waals surface area (Å²) in [5.41, 5.74) is 0.663. The third-order valence-electron chi connectivity index (χ3n) is 1.92. The fourth-order valence-corrected chi connectivity index (χ4v) is 1.17. The van der Waals surface area contributed by atoms with Gasteiger partial charge in [-0.2, -0.15) is 18.3 Å². The van der Waals surface area contributed by atoms with Gasteiger partial charge in [0.2, 0.25) is 0 Å². The van der Waals surface area contributed by atoms with E-state index in [1.165, 1.54) is 10.9 Å². The van der Waals surface area contributed by atoms with Crippen molar-refractivity contribution in [3.05, 3.63) is 18.0 Å². The van der Waals surface area contributed by atoms with Crippen LogP contribution in [0, 0.1) is 0 Å². The van der Waals surface area contributed by atoms with Crippen LogP contribution in [0.15, 0.2) is 12.3 Å². The molecule has 0 bridgehead atoms. The summed E-state index contributed by atoms with van der Waals surface area (Å²) in [5.74, 6) is 0. The van der Waals surface area contributed by atoms with Crippen molar-refractivity contribution in [2.75, 3.05) is 6.61 Å². The van der Waals surface area contributed by atoms with Crippen LogP contribution in [0.25, 0.3) is 0 Å². The molecule has 0 saturated heterocycles.